The van der Waals surface area contributed by atoms with Crippen molar-refractivity contribution in [3.63, 3.8) is 0 Å². The summed E-state index contributed by atoms with van der Waals surface area (Å²) in [6.07, 6.45) is 5.61. The molecule has 0 amide bonds. The number of imidazole rings is 1. The third-order valence-electron chi connectivity index (χ3n) is 2.77. The largest absolute Gasteiger partial charge is 0.369 e. The van der Waals surface area contributed by atoms with Crippen molar-refractivity contribution in [2.45, 2.75) is 6.92 Å². The van der Waals surface area contributed by atoms with E-state index in [1.165, 1.54) is 0 Å². The van der Waals surface area contributed by atoms with Crippen LogP contribution in [0.3, 0.4) is 0 Å². The molecule has 3 aromatic rings. The second-order valence-corrected chi connectivity index (χ2v) is 4.15. The molecular formula is C14H15N5. The van der Waals surface area contributed by atoms with Gasteiger partial charge in [0.25, 0.3) is 0 Å². The summed E-state index contributed by atoms with van der Waals surface area (Å²) >= 11 is 0. The molecule has 0 fully saturated rings. The molecule has 0 radical (unpaired) electrons. The number of benzene rings is 1. The van der Waals surface area contributed by atoms with Gasteiger partial charge in [-0.1, -0.05) is 18.2 Å². The zero-order chi connectivity index (χ0) is 13.1. The van der Waals surface area contributed by atoms with Crippen LogP contribution >= 0.6 is 0 Å². The highest BCUT2D eigenvalue weighted by atomic mass is 15.1. The van der Waals surface area contributed by atoms with Crippen molar-refractivity contribution in [2.75, 3.05) is 17.2 Å². The molecule has 0 unspecified atom stereocenters. The van der Waals surface area contributed by atoms with Gasteiger partial charge in [0.1, 0.15) is 5.82 Å². The maximum Gasteiger partial charge on any atom is 0.180 e. The molecule has 5 heteroatoms. The lowest BCUT2D eigenvalue weighted by molar-refractivity contribution is 1.09. The topological polar surface area (TPSA) is 54.2 Å². The molecule has 2 N–H and O–H groups in total. The molecule has 0 spiro atoms. The van der Waals surface area contributed by atoms with Crippen LogP contribution in [0.2, 0.25) is 0 Å². The standard InChI is InChI=1S/C14H15N5/c1-2-15-12-10-19-9-8-16-14(19)13(18-12)17-11-6-4-3-5-7-11/h3-10,15H,2H2,1H3,(H,17,18). The van der Waals surface area contributed by atoms with Gasteiger partial charge in [0, 0.05) is 24.6 Å². The average molecular weight is 253 g/mol. The molecule has 0 aliphatic rings. The molecule has 1 aromatic carbocycles. The summed E-state index contributed by atoms with van der Waals surface area (Å²) < 4.78 is 1.95. The number of nitrogens with one attached hydrogen (secondary N) is 2. The highest BCUT2D eigenvalue weighted by molar-refractivity contribution is 5.71. The maximum atomic E-state index is 4.55. The monoisotopic (exact) mass is 253 g/mol. The van der Waals surface area contributed by atoms with Crippen LogP contribution in [0.4, 0.5) is 17.3 Å². The summed E-state index contributed by atoms with van der Waals surface area (Å²) in [5.74, 6) is 1.57. The number of para-hydroxylation sites is 1. The third-order valence-corrected chi connectivity index (χ3v) is 2.77. The summed E-state index contributed by atoms with van der Waals surface area (Å²) in [6, 6.07) is 9.96. The highest BCUT2D eigenvalue weighted by Gasteiger charge is 2.07. The van der Waals surface area contributed by atoms with Crippen molar-refractivity contribution >= 4 is 23.0 Å². The van der Waals surface area contributed by atoms with Crippen molar-refractivity contribution in [3.8, 4) is 0 Å². The minimum absolute atomic E-state index is 0.745. The van der Waals surface area contributed by atoms with Gasteiger partial charge >= 0.3 is 0 Å². The Morgan fingerprint density at radius 1 is 1.21 bits per heavy atom. The van der Waals surface area contributed by atoms with Gasteiger partial charge in [-0.05, 0) is 19.1 Å². The van der Waals surface area contributed by atoms with E-state index in [-0.39, 0.29) is 0 Å². The van der Waals surface area contributed by atoms with Gasteiger partial charge < -0.3 is 15.0 Å². The predicted octanol–water partition coefficient (Wildman–Crippen LogP) is 2.90. The van der Waals surface area contributed by atoms with Crippen LogP contribution in [0.25, 0.3) is 5.65 Å². The Balaban J connectivity index is 2.03. The molecule has 96 valence electrons. The summed E-state index contributed by atoms with van der Waals surface area (Å²) in [4.78, 5) is 8.88. The lowest BCUT2D eigenvalue weighted by Crippen LogP contribution is -2.04. The summed E-state index contributed by atoms with van der Waals surface area (Å²) in [5, 5.41) is 6.51. The van der Waals surface area contributed by atoms with E-state index in [0.29, 0.717) is 0 Å². The van der Waals surface area contributed by atoms with E-state index in [2.05, 4.69) is 20.6 Å². The summed E-state index contributed by atoms with van der Waals surface area (Å²) in [5.41, 5.74) is 1.80. The molecule has 3 rings (SSSR count). The quantitative estimate of drug-likeness (QED) is 0.750. The van der Waals surface area contributed by atoms with Crippen LogP contribution in [0.1, 0.15) is 6.92 Å². The second kappa shape index (κ2) is 4.97. The first-order valence-electron chi connectivity index (χ1n) is 6.26. The van der Waals surface area contributed by atoms with Gasteiger partial charge in [0.05, 0.1) is 6.20 Å². The van der Waals surface area contributed by atoms with Gasteiger partial charge in [-0.15, -0.1) is 0 Å². The van der Waals surface area contributed by atoms with Gasteiger partial charge in [0.2, 0.25) is 0 Å². The van der Waals surface area contributed by atoms with Crippen LogP contribution in [0, 0.1) is 0 Å². The second-order valence-electron chi connectivity index (χ2n) is 4.15. The number of nitrogens with zero attached hydrogens (tertiary/aromatic N) is 3. The summed E-state index contributed by atoms with van der Waals surface area (Å²) in [6.45, 7) is 2.88. The Labute approximate surface area is 111 Å². The first kappa shape index (κ1) is 11.5. The summed E-state index contributed by atoms with van der Waals surface area (Å²) in [7, 11) is 0. The zero-order valence-electron chi connectivity index (χ0n) is 10.7. The molecule has 0 bridgehead atoms. The maximum absolute atomic E-state index is 4.55. The normalized spacial score (nSPS) is 10.6. The minimum atomic E-state index is 0.745. The van der Waals surface area contributed by atoms with E-state index in [1.54, 1.807) is 6.20 Å². The van der Waals surface area contributed by atoms with Crippen LogP contribution in [0.5, 0.6) is 0 Å². The number of hydrogen-bond donors (Lipinski definition) is 2. The number of rotatable bonds is 4. The Hall–Kier alpha value is -2.56. The molecule has 5 nitrogen and oxygen atoms in total. The number of anilines is 3. The Morgan fingerprint density at radius 3 is 2.84 bits per heavy atom. The van der Waals surface area contributed by atoms with E-state index in [9.17, 15) is 0 Å². The van der Waals surface area contributed by atoms with Crippen molar-refractivity contribution in [1.29, 1.82) is 0 Å². The first-order chi connectivity index (χ1) is 9.36. The smallest absolute Gasteiger partial charge is 0.180 e. The molecule has 0 saturated heterocycles. The molecule has 19 heavy (non-hydrogen) atoms. The zero-order valence-corrected chi connectivity index (χ0v) is 10.7. The number of fused-ring (bicyclic) bond motifs is 1. The van der Waals surface area contributed by atoms with E-state index in [1.807, 2.05) is 54.0 Å². The first-order valence-corrected chi connectivity index (χ1v) is 6.26. The van der Waals surface area contributed by atoms with Gasteiger partial charge in [-0.3, -0.25) is 0 Å². The lowest BCUT2D eigenvalue weighted by atomic mass is 10.3. The molecule has 0 aliphatic heterocycles. The fourth-order valence-corrected chi connectivity index (χ4v) is 1.94. The van der Waals surface area contributed by atoms with Crippen molar-refractivity contribution < 1.29 is 0 Å². The van der Waals surface area contributed by atoms with E-state index in [4.69, 9.17) is 0 Å². The molecular weight excluding hydrogens is 238 g/mol. The number of aromatic nitrogens is 3. The van der Waals surface area contributed by atoms with Crippen LogP contribution < -0.4 is 10.6 Å². The van der Waals surface area contributed by atoms with Crippen molar-refractivity contribution in [1.82, 2.24) is 14.4 Å². The molecule has 0 aliphatic carbocycles. The molecule has 2 aromatic heterocycles. The van der Waals surface area contributed by atoms with E-state index < -0.39 is 0 Å². The Kier molecular flexibility index (Phi) is 3.02. The van der Waals surface area contributed by atoms with Gasteiger partial charge in [-0.2, -0.15) is 0 Å². The molecule has 2 heterocycles. The fourth-order valence-electron chi connectivity index (χ4n) is 1.94. The average Bonchev–Trinajstić information content (AvgIpc) is 2.89. The Bertz CT molecular complexity index is 675. The number of hydrogen-bond acceptors (Lipinski definition) is 4. The third kappa shape index (κ3) is 2.35. The van der Waals surface area contributed by atoms with E-state index >= 15 is 0 Å². The molecule has 0 atom stereocenters. The predicted molar refractivity (Wildman–Crippen MR) is 76.9 cm³/mol. The minimum Gasteiger partial charge on any atom is -0.369 e. The lowest BCUT2D eigenvalue weighted by Gasteiger charge is -2.10. The SMILES string of the molecule is CCNc1cn2ccnc2c(Nc2ccccc2)n1. The fraction of sp³-hybridized carbons (Fsp3) is 0.143. The van der Waals surface area contributed by atoms with E-state index in [0.717, 1.165) is 29.5 Å². The highest BCUT2D eigenvalue weighted by Crippen LogP contribution is 2.20. The van der Waals surface area contributed by atoms with Gasteiger partial charge in [0.15, 0.2) is 11.5 Å². The van der Waals surface area contributed by atoms with Crippen LogP contribution in [-0.2, 0) is 0 Å². The van der Waals surface area contributed by atoms with Crippen molar-refractivity contribution in [2.24, 2.45) is 0 Å². The van der Waals surface area contributed by atoms with Gasteiger partial charge in [-0.25, -0.2) is 9.97 Å². The Morgan fingerprint density at radius 2 is 2.05 bits per heavy atom. The molecule has 0 saturated carbocycles. The van der Waals surface area contributed by atoms with Crippen LogP contribution in [-0.4, -0.2) is 20.9 Å². The van der Waals surface area contributed by atoms with Crippen LogP contribution in [0.15, 0.2) is 48.9 Å². The van der Waals surface area contributed by atoms with Crippen molar-refractivity contribution in [3.05, 3.63) is 48.9 Å².